The summed E-state index contributed by atoms with van der Waals surface area (Å²) in [6.45, 7) is 2.98. The summed E-state index contributed by atoms with van der Waals surface area (Å²) >= 11 is 0. The lowest BCUT2D eigenvalue weighted by atomic mass is 9.91. The third kappa shape index (κ3) is 2.81. The van der Waals surface area contributed by atoms with Gasteiger partial charge in [-0.15, -0.1) is 0 Å². The number of ether oxygens (including phenoxy) is 2. The van der Waals surface area contributed by atoms with Crippen LogP contribution in [0.15, 0.2) is 24.3 Å². The molecule has 0 amide bonds. The number of carbonyl (C=O) groups is 1. The molecule has 0 aliphatic carbocycles. The van der Waals surface area contributed by atoms with Crippen molar-refractivity contribution in [2.45, 2.75) is 44.2 Å². The van der Waals surface area contributed by atoms with Gasteiger partial charge in [0, 0.05) is 17.7 Å². The Balaban J connectivity index is 1.72. The Morgan fingerprint density at radius 2 is 1.75 bits per heavy atom. The van der Waals surface area contributed by atoms with E-state index in [1.165, 1.54) is 26.0 Å². The molecule has 0 spiro atoms. The van der Waals surface area contributed by atoms with Crippen LogP contribution in [0.5, 0.6) is 28.7 Å². The Hall–Kier alpha value is -2.97. The second kappa shape index (κ2) is 6.02. The van der Waals surface area contributed by atoms with E-state index < -0.39 is 23.9 Å². The van der Waals surface area contributed by atoms with Crippen LogP contribution in [0.25, 0.3) is 0 Å². The lowest BCUT2D eigenvalue weighted by Crippen LogP contribution is -2.41. The number of carbonyl (C=O) groups excluding carboxylic acids is 1. The van der Waals surface area contributed by atoms with E-state index in [1.807, 2.05) is 0 Å². The van der Waals surface area contributed by atoms with E-state index in [0.717, 1.165) is 6.07 Å². The molecule has 0 fully saturated rings. The van der Waals surface area contributed by atoms with Gasteiger partial charge in [0.25, 0.3) is 0 Å². The third-order valence-electron chi connectivity index (χ3n) is 5.02. The van der Waals surface area contributed by atoms with Crippen LogP contribution < -0.4 is 9.47 Å². The maximum absolute atomic E-state index is 12.5. The van der Waals surface area contributed by atoms with Gasteiger partial charge in [0.2, 0.25) is 0 Å². The molecule has 2 aromatic carbocycles. The number of rotatable bonds is 2. The normalized spacial score (nSPS) is 23.6. The quantitative estimate of drug-likeness (QED) is 0.527. The van der Waals surface area contributed by atoms with Crippen molar-refractivity contribution in [3.8, 4) is 28.7 Å². The lowest BCUT2D eigenvalue weighted by Gasteiger charge is -2.27. The van der Waals surface area contributed by atoms with E-state index in [2.05, 4.69) is 0 Å². The highest BCUT2D eigenvalue weighted by atomic mass is 16.5. The summed E-state index contributed by atoms with van der Waals surface area (Å²) in [5.41, 5.74) is -0.666. The van der Waals surface area contributed by atoms with Gasteiger partial charge in [0.15, 0.2) is 23.4 Å². The molecule has 8 nitrogen and oxygen atoms in total. The van der Waals surface area contributed by atoms with E-state index >= 15 is 0 Å². The molecule has 0 saturated carbocycles. The lowest BCUT2D eigenvalue weighted by molar-refractivity contribution is -0.0766. The molecule has 8 heteroatoms. The van der Waals surface area contributed by atoms with Crippen LogP contribution in [0.2, 0.25) is 0 Å². The second-order valence-electron chi connectivity index (χ2n) is 7.67. The molecular weight excluding hydrogens is 368 g/mol. The Morgan fingerprint density at radius 3 is 2.43 bits per heavy atom. The Bertz CT molecular complexity index is 975. The zero-order chi connectivity index (χ0) is 20.4. The van der Waals surface area contributed by atoms with Crippen molar-refractivity contribution in [2.24, 2.45) is 0 Å². The molecule has 148 valence electrons. The van der Waals surface area contributed by atoms with Crippen LogP contribution in [0.4, 0.5) is 0 Å². The van der Waals surface area contributed by atoms with Gasteiger partial charge in [-0.1, -0.05) is 0 Å². The van der Waals surface area contributed by atoms with E-state index in [4.69, 9.17) is 9.47 Å². The molecule has 5 N–H and O–H groups in total. The monoisotopic (exact) mass is 388 g/mol. The van der Waals surface area contributed by atoms with E-state index in [0.29, 0.717) is 5.56 Å². The molecule has 0 radical (unpaired) electrons. The SMILES string of the molecule is CC(C)(O)[C@@H]1Oc2c(O)cc([C@H]3CC(=O)c4c(O)cc(O)cc4O3)cc2[C@@H]1O. The molecule has 2 aliphatic heterocycles. The van der Waals surface area contributed by atoms with Crippen LogP contribution >= 0.6 is 0 Å². The number of aliphatic hydroxyl groups is 2. The molecule has 2 aliphatic rings. The molecule has 0 aromatic heterocycles. The molecule has 2 aromatic rings. The van der Waals surface area contributed by atoms with Crippen molar-refractivity contribution in [3.63, 3.8) is 0 Å². The molecule has 4 rings (SSSR count). The zero-order valence-corrected chi connectivity index (χ0v) is 15.2. The summed E-state index contributed by atoms with van der Waals surface area (Å²) in [6, 6.07) is 5.21. The summed E-state index contributed by atoms with van der Waals surface area (Å²) in [5.74, 6) is -1.15. The number of fused-ring (bicyclic) bond motifs is 2. The van der Waals surface area contributed by atoms with Crippen LogP contribution in [-0.4, -0.2) is 43.0 Å². The van der Waals surface area contributed by atoms with E-state index in [1.54, 1.807) is 6.07 Å². The molecule has 28 heavy (non-hydrogen) atoms. The third-order valence-corrected chi connectivity index (χ3v) is 5.02. The highest BCUT2D eigenvalue weighted by molar-refractivity contribution is 6.02. The van der Waals surface area contributed by atoms with Gasteiger partial charge in [0.05, 0.1) is 12.0 Å². The molecule has 2 heterocycles. The number of benzene rings is 2. The number of phenols is 3. The second-order valence-corrected chi connectivity index (χ2v) is 7.67. The van der Waals surface area contributed by atoms with Crippen LogP contribution in [0.3, 0.4) is 0 Å². The van der Waals surface area contributed by atoms with E-state index in [9.17, 15) is 30.3 Å². The van der Waals surface area contributed by atoms with Crippen LogP contribution in [0.1, 0.15) is 54.0 Å². The van der Waals surface area contributed by atoms with Gasteiger partial charge >= 0.3 is 0 Å². The van der Waals surface area contributed by atoms with Crippen molar-refractivity contribution < 1.29 is 39.8 Å². The number of hydrogen-bond acceptors (Lipinski definition) is 8. The predicted octanol–water partition coefficient (Wildman–Crippen LogP) is 2.08. The first-order valence-electron chi connectivity index (χ1n) is 8.76. The van der Waals surface area contributed by atoms with Crippen molar-refractivity contribution >= 4 is 5.78 Å². The maximum Gasteiger partial charge on any atom is 0.174 e. The Kier molecular flexibility index (Phi) is 3.95. The number of Topliss-reactive ketones (excluding diaryl/α,β-unsaturated/α-hetero) is 1. The Morgan fingerprint density at radius 1 is 1.04 bits per heavy atom. The number of ketones is 1. The Labute approximate surface area is 160 Å². The predicted molar refractivity (Wildman–Crippen MR) is 95.9 cm³/mol. The fraction of sp³-hybridized carbons (Fsp3) is 0.350. The zero-order valence-electron chi connectivity index (χ0n) is 15.2. The van der Waals surface area contributed by atoms with Crippen molar-refractivity contribution in [2.75, 3.05) is 0 Å². The highest BCUT2D eigenvalue weighted by Gasteiger charge is 2.44. The first-order valence-corrected chi connectivity index (χ1v) is 8.76. The van der Waals surface area contributed by atoms with Gasteiger partial charge in [-0.3, -0.25) is 4.79 Å². The van der Waals surface area contributed by atoms with Crippen molar-refractivity contribution in [1.82, 2.24) is 0 Å². The van der Waals surface area contributed by atoms with Gasteiger partial charge in [0.1, 0.15) is 35.0 Å². The maximum atomic E-state index is 12.5. The summed E-state index contributed by atoms with van der Waals surface area (Å²) in [4.78, 5) is 12.5. The minimum atomic E-state index is -1.35. The average molecular weight is 388 g/mol. The smallest absolute Gasteiger partial charge is 0.174 e. The first-order chi connectivity index (χ1) is 13.1. The average Bonchev–Trinajstić information content (AvgIpc) is 2.91. The van der Waals surface area contributed by atoms with Crippen molar-refractivity contribution in [1.29, 1.82) is 0 Å². The van der Waals surface area contributed by atoms with Gasteiger partial charge < -0.3 is 35.0 Å². The molecule has 0 bridgehead atoms. The summed E-state index contributed by atoms with van der Waals surface area (Å²) in [6.07, 6.45) is -3.05. The number of hydrogen-bond donors (Lipinski definition) is 5. The largest absolute Gasteiger partial charge is 0.508 e. The van der Waals surface area contributed by atoms with Gasteiger partial charge in [-0.05, 0) is 31.5 Å². The molecule has 0 unspecified atom stereocenters. The topological polar surface area (TPSA) is 137 Å². The standard InChI is InChI=1S/C20H20O8/c1-20(2,26)19-17(25)10-3-8(4-13(24)18(10)28-19)14-7-12(23)16-11(22)5-9(21)6-15(16)27-14/h3-6,14,17,19,21-22,24-26H,7H2,1-2H3/t14-,17+,19-/m1/s1. The van der Waals surface area contributed by atoms with Crippen molar-refractivity contribution in [3.05, 3.63) is 41.0 Å². The molecular formula is C20H20O8. The minimum Gasteiger partial charge on any atom is -0.508 e. The van der Waals surface area contributed by atoms with E-state index in [-0.39, 0.29) is 52.1 Å². The van der Waals surface area contributed by atoms with Gasteiger partial charge in [-0.25, -0.2) is 0 Å². The molecule has 3 atom stereocenters. The first kappa shape index (κ1) is 18.4. The number of aliphatic hydroxyl groups excluding tert-OH is 1. The van der Waals surface area contributed by atoms with Crippen LogP contribution in [0, 0.1) is 0 Å². The number of phenolic OH excluding ortho intramolecular Hbond substituents is 3. The summed E-state index contributed by atoms with van der Waals surface area (Å²) in [7, 11) is 0. The number of aromatic hydroxyl groups is 3. The minimum absolute atomic E-state index is 0.00936. The fourth-order valence-electron chi connectivity index (χ4n) is 3.69. The van der Waals surface area contributed by atoms with Gasteiger partial charge in [-0.2, -0.15) is 0 Å². The fourth-order valence-corrected chi connectivity index (χ4v) is 3.69. The summed E-state index contributed by atoms with van der Waals surface area (Å²) < 4.78 is 11.3. The molecule has 0 saturated heterocycles. The highest BCUT2D eigenvalue weighted by Crippen LogP contribution is 2.49. The van der Waals surface area contributed by atoms with Crippen LogP contribution in [-0.2, 0) is 0 Å². The summed E-state index contributed by atoms with van der Waals surface area (Å²) in [5, 5.41) is 50.6.